The fourth-order valence-electron chi connectivity index (χ4n) is 2.04. The van der Waals surface area contributed by atoms with Gasteiger partial charge in [0.1, 0.15) is 24.4 Å². The van der Waals surface area contributed by atoms with Crippen LogP contribution in [0.2, 0.25) is 0 Å². The molecule has 124 valence electrons. The molecule has 0 aliphatic carbocycles. The molecule has 0 amide bonds. The van der Waals surface area contributed by atoms with Crippen molar-refractivity contribution in [2.24, 2.45) is 4.99 Å². The lowest BCUT2D eigenvalue weighted by Gasteiger charge is -2.40. The molecule has 0 saturated carbocycles. The van der Waals surface area contributed by atoms with E-state index in [-0.39, 0.29) is 0 Å². The molecule has 0 aromatic heterocycles. The van der Waals surface area contributed by atoms with Crippen LogP contribution in [-0.4, -0.2) is 81.8 Å². The summed E-state index contributed by atoms with van der Waals surface area (Å²) in [6.45, 7) is 0.216. The molecule has 11 heteroatoms. The van der Waals surface area contributed by atoms with Gasteiger partial charge in [0.15, 0.2) is 5.44 Å². The maximum atomic E-state index is 11.1. The Morgan fingerprint density at radius 1 is 1.48 bits per heavy atom. The Balaban J connectivity index is 3.11. The SMILES string of the molecule is CC([O-])=N[C@H]1[C@H]([C@H](O)[C@H](O)CO)O[C@H](S(=O)(=O)O)C[C@@H]1O. The first-order chi connectivity index (χ1) is 9.57. The number of ether oxygens (including phenoxy) is 1. The summed E-state index contributed by atoms with van der Waals surface area (Å²) in [6, 6.07) is -1.34. The van der Waals surface area contributed by atoms with Crippen molar-refractivity contribution in [2.75, 3.05) is 6.61 Å². The quantitative estimate of drug-likeness (QED) is 0.192. The standard InChI is InChI=1S/C10H19NO9S/c1-4(13)11-8-5(14)2-7(21(17,18)19)20-10(8)9(16)6(15)3-12/h5-10,12,14-16H,2-3H2,1H3,(H,11,13)(H,17,18,19)/p-1/t5-,6+,7+,8+,9+,10+/m0/s1. The van der Waals surface area contributed by atoms with Crippen molar-refractivity contribution in [1.29, 1.82) is 0 Å². The summed E-state index contributed by atoms with van der Waals surface area (Å²) in [4.78, 5) is 3.51. The first kappa shape index (κ1) is 18.2. The Morgan fingerprint density at radius 2 is 2.05 bits per heavy atom. The largest absolute Gasteiger partial charge is 0.862 e. The van der Waals surface area contributed by atoms with Crippen LogP contribution >= 0.6 is 0 Å². The second-order valence-electron chi connectivity index (χ2n) is 4.73. The third-order valence-corrected chi connectivity index (χ3v) is 4.02. The zero-order valence-corrected chi connectivity index (χ0v) is 11.9. The number of aliphatic hydroxyl groups excluding tert-OH is 4. The lowest BCUT2D eigenvalue weighted by atomic mass is 9.93. The highest BCUT2D eigenvalue weighted by Crippen LogP contribution is 2.28. The number of hydrogen-bond donors (Lipinski definition) is 5. The van der Waals surface area contributed by atoms with E-state index in [9.17, 15) is 28.8 Å². The predicted octanol–water partition coefficient (Wildman–Crippen LogP) is -3.79. The molecule has 1 heterocycles. The molecule has 0 unspecified atom stereocenters. The molecule has 1 aliphatic heterocycles. The van der Waals surface area contributed by atoms with Crippen LogP contribution in [0.25, 0.3) is 0 Å². The number of aliphatic imine (C=N–C) groups is 1. The summed E-state index contributed by atoms with van der Waals surface area (Å²) in [5.41, 5.74) is -1.84. The summed E-state index contributed by atoms with van der Waals surface area (Å²) in [6.07, 6.45) is -7.17. The summed E-state index contributed by atoms with van der Waals surface area (Å²) in [5.74, 6) is -0.705. The van der Waals surface area contributed by atoms with E-state index in [2.05, 4.69) is 4.99 Å². The number of rotatable bonds is 5. The third-order valence-electron chi connectivity index (χ3n) is 3.05. The molecule has 1 rings (SSSR count). The van der Waals surface area contributed by atoms with Gasteiger partial charge < -0.3 is 30.3 Å². The first-order valence-corrected chi connectivity index (χ1v) is 7.56. The lowest BCUT2D eigenvalue weighted by Crippen LogP contribution is -2.57. The molecule has 0 aromatic carbocycles. The maximum Gasteiger partial charge on any atom is 0.292 e. The highest BCUT2D eigenvalue weighted by Gasteiger charge is 2.46. The Hall–Kier alpha value is -0.820. The van der Waals surface area contributed by atoms with Crippen LogP contribution < -0.4 is 5.11 Å². The molecule has 0 radical (unpaired) electrons. The van der Waals surface area contributed by atoms with Gasteiger partial charge in [-0.05, 0) is 12.8 Å². The van der Waals surface area contributed by atoms with Crippen molar-refractivity contribution in [1.82, 2.24) is 0 Å². The molecule has 1 aliphatic rings. The van der Waals surface area contributed by atoms with Crippen LogP contribution in [0.4, 0.5) is 0 Å². The van der Waals surface area contributed by atoms with E-state index in [1.165, 1.54) is 0 Å². The van der Waals surface area contributed by atoms with E-state index in [0.717, 1.165) is 6.92 Å². The van der Waals surface area contributed by atoms with Crippen LogP contribution in [0.3, 0.4) is 0 Å². The van der Waals surface area contributed by atoms with Gasteiger partial charge in [-0.25, -0.2) is 0 Å². The van der Waals surface area contributed by atoms with E-state index in [1.54, 1.807) is 0 Å². The van der Waals surface area contributed by atoms with Crippen molar-refractivity contribution in [2.45, 2.75) is 49.2 Å². The Morgan fingerprint density at radius 3 is 2.48 bits per heavy atom. The van der Waals surface area contributed by atoms with Crippen LogP contribution in [0, 0.1) is 0 Å². The van der Waals surface area contributed by atoms with Gasteiger partial charge in [-0.2, -0.15) is 8.42 Å². The van der Waals surface area contributed by atoms with Crippen molar-refractivity contribution < 1.29 is 43.2 Å². The fraction of sp³-hybridized carbons (Fsp3) is 0.900. The third kappa shape index (κ3) is 4.57. The fourth-order valence-corrected chi connectivity index (χ4v) is 2.75. The van der Waals surface area contributed by atoms with Gasteiger partial charge >= 0.3 is 0 Å². The molecule has 0 spiro atoms. The normalized spacial score (nSPS) is 34.5. The zero-order valence-electron chi connectivity index (χ0n) is 11.1. The average molecular weight is 328 g/mol. The van der Waals surface area contributed by atoms with Gasteiger partial charge in [-0.3, -0.25) is 9.55 Å². The minimum absolute atomic E-state index is 0.557. The van der Waals surface area contributed by atoms with Gasteiger partial charge in [0.05, 0.1) is 12.7 Å². The maximum absolute atomic E-state index is 11.1. The number of nitrogens with zero attached hydrogens (tertiary/aromatic N) is 1. The van der Waals surface area contributed by atoms with E-state index < -0.39 is 64.9 Å². The zero-order chi connectivity index (χ0) is 16.4. The van der Waals surface area contributed by atoms with Gasteiger partial charge in [0.2, 0.25) is 0 Å². The molecule has 0 bridgehead atoms. The number of hydrogen-bond acceptors (Lipinski definition) is 9. The summed E-state index contributed by atoms with van der Waals surface area (Å²) in [5, 5.41) is 49.0. The smallest absolute Gasteiger partial charge is 0.292 e. The van der Waals surface area contributed by atoms with Gasteiger partial charge in [-0.1, -0.05) is 0 Å². The van der Waals surface area contributed by atoms with Crippen molar-refractivity contribution in [3.05, 3.63) is 0 Å². The average Bonchev–Trinajstić information content (AvgIpc) is 2.37. The predicted molar refractivity (Wildman–Crippen MR) is 66.8 cm³/mol. The van der Waals surface area contributed by atoms with Gasteiger partial charge in [0, 0.05) is 6.42 Å². The second-order valence-corrected chi connectivity index (χ2v) is 6.28. The van der Waals surface area contributed by atoms with E-state index in [1.807, 2.05) is 0 Å². The van der Waals surface area contributed by atoms with Gasteiger partial charge in [-0.15, -0.1) is 0 Å². The summed E-state index contributed by atoms with van der Waals surface area (Å²) < 4.78 is 36.1. The second kappa shape index (κ2) is 6.96. The Labute approximate surface area is 121 Å². The highest BCUT2D eigenvalue weighted by atomic mass is 32.2. The first-order valence-electron chi connectivity index (χ1n) is 6.06. The molecule has 0 aromatic rings. The minimum atomic E-state index is -4.67. The molecule has 5 N–H and O–H groups in total. The van der Waals surface area contributed by atoms with Crippen molar-refractivity contribution >= 4 is 16.0 Å². The van der Waals surface area contributed by atoms with E-state index in [0.29, 0.717) is 0 Å². The summed E-state index contributed by atoms with van der Waals surface area (Å²) in [7, 11) is -4.67. The molecule has 21 heavy (non-hydrogen) atoms. The van der Waals surface area contributed by atoms with E-state index in [4.69, 9.17) is 14.4 Å². The lowest BCUT2D eigenvalue weighted by molar-refractivity contribution is -0.218. The molecular formula is C10H18NO9S-. The Bertz CT molecular complexity index is 475. The minimum Gasteiger partial charge on any atom is -0.862 e. The molecule has 1 fully saturated rings. The van der Waals surface area contributed by atoms with Crippen molar-refractivity contribution in [3.63, 3.8) is 0 Å². The van der Waals surface area contributed by atoms with Crippen LogP contribution in [0.5, 0.6) is 0 Å². The Kier molecular flexibility index (Phi) is 6.04. The van der Waals surface area contributed by atoms with Crippen molar-refractivity contribution in [3.8, 4) is 0 Å². The van der Waals surface area contributed by atoms with Crippen LogP contribution in [0.1, 0.15) is 13.3 Å². The van der Waals surface area contributed by atoms with Crippen LogP contribution in [0.15, 0.2) is 4.99 Å². The molecular weight excluding hydrogens is 310 g/mol. The summed E-state index contributed by atoms with van der Waals surface area (Å²) >= 11 is 0. The molecule has 1 saturated heterocycles. The van der Waals surface area contributed by atoms with Gasteiger partial charge in [0.25, 0.3) is 10.1 Å². The monoisotopic (exact) mass is 328 g/mol. The van der Waals surface area contributed by atoms with E-state index >= 15 is 0 Å². The topological polar surface area (TPSA) is 180 Å². The van der Waals surface area contributed by atoms with Crippen LogP contribution in [-0.2, 0) is 14.9 Å². The highest BCUT2D eigenvalue weighted by molar-refractivity contribution is 7.86. The number of aliphatic hydroxyl groups is 4. The molecule has 10 nitrogen and oxygen atoms in total. The molecule has 6 atom stereocenters.